The minimum Gasteiger partial charge on any atom is -0.0978 e. The number of hydrogen-bond donors (Lipinski definition) is 0. The van der Waals surface area contributed by atoms with Crippen LogP contribution in [-0.4, -0.2) is 0 Å². The topological polar surface area (TPSA) is 0 Å². The van der Waals surface area contributed by atoms with Gasteiger partial charge in [-0.2, -0.15) is 0 Å². The Morgan fingerprint density at radius 1 is 0.345 bits per heavy atom. The van der Waals surface area contributed by atoms with Gasteiger partial charge in [-0.15, -0.1) is 0 Å². The van der Waals surface area contributed by atoms with Crippen LogP contribution in [0, 0.1) is 34.5 Å². The summed E-state index contributed by atoms with van der Waals surface area (Å²) in [5.74, 6) is 14.9. The van der Waals surface area contributed by atoms with Crippen molar-refractivity contribution in [3.05, 3.63) is 83.9 Å². The molecule has 5 aromatic rings. The molecule has 0 aromatic heterocycles. The van der Waals surface area contributed by atoms with E-state index in [1.54, 1.807) is 0 Å². The highest BCUT2D eigenvalue weighted by Gasteiger charge is 2.23. The van der Waals surface area contributed by atoms with E-state index in [4.69, 9.17) is 0 Å². The van der Waals surface area contributed by atoms with Crippen molar-refractivity contribution < 1.29 is 0 Å². The molecule has 0 bridgehead atoms. The first-order valence-corrected chi connectivity index (χ1v) is 24.2. The summed E-state index contributed by atoms with van der Waals surface area (Å²) >= 11 is 0. The van der Waals surface area contributed by atoms with E-state index in [0.717, 1.165) is 12.8 Å². The molecule has 0 fully saturated rings. The van der Waals surface area contributed by atoms with Crippen molar-refractivity contribution in [2.24, 2.45) is 10.8 Å². The first kappa shape index (κ1) is 45.3. The Balaban J connectivity index is 1.26. The van der Waals surface area contributed by atoms with Gasteiger partial charge in [0.25, 0.3) is 0 Å². The summed E-state index contributed by atoms with van der Waals surface area (Å²) in [6.07, 6.45) is 31.4. The molecule has 0 aliphatic rings. The predicted octanol–water partition coefficient (Wildman–Crippen LogP) is 18.5. The summed E-state index contributed by atoms with van der Waals surface area (Å²) in [7, 11) is 0. The molecule has 0 atom stereocenters. The van der Waals surface area contributed by atoms with E-state index in [2.05, 4.69) is 138 Å². The molecule has 0 N–H and O–H groups in total. The van der Waals surface area contributed by atoms with E-state index in [1.807, 2.05) is 0 Å². The molecule has 0 saturated heterocycles. The van der Waals surface area contributed by atoms with E-state index >= 15 is 0 Å². The lowest BCUT2D eigenvalue weighted by Gasteiger charge is -2.30. The summed E-state index contributed by atoms with van der Waals surface area (Å²) in [6, 6.07) is 27.1. The third-order valence-electron chi connectivity index (χ3n) is 14.8. The fraction of sp³-hybridized carbons (Fsp3) is 0.552. The summed E-state index contributed by atoms with van der Waals surface area (Å²) in [6.45, 7) is 14.3. The van der Waals surface area contributed by atoms with Crippen LogP contribution < -0.4 is 0 Å². The van der Waals surface area contributed by atoms with Crippen LogP contribution in [0.15, 0.2) is 72.8 Å². The van der Waals surface area contributed by atoms with Crippen molar-refractivity contribution in [2.45, 2.75) is 196 Å². The van der Waals surface area contributed by atoms with E-state index in [-0.39, 0.29) is 0 Å². The molecule has 0 unspecified atom stereocenters. The number of hydrogen-bond acceptors (Lipinski definition) is 0. The van der Waals surface area contributed by atoms with Gasteiger partial charge in [0.2, 0.25) is 0 Å². The van der Waals surface area contributed by atoms with Crippen LogP contribution in [0.2, 0.25) is 0 Å². The maximum absolute atomic E-state index is 3.76. The van der Waals surface area contributed by atoms with E-state index in [0.29, 0.717) is 10.8 Å². The van der Waals surface area contributed by atoms with Crippen molar-refractivity contribution >= 4 is 43.1 Å². The fourth-order valence-electron chi connectivity index (χ4n) is 9.92. The maximum Gasteiger partial charge on any atom is 0.0403 e. The van der Waals surface area contributed by atoms with Crippen molar-refractivity contribution in [3.8, 4) is 23.7 Å². The van der Waals surface area contributed by atoms with Crippen LogP contribution in [0.25, 0.3) is 43.1 Å². The molecule has 58 heavy (non-hydrogen) atoms. The lowest BCUT2D eigenvalue weighted by atomic mass is 9.75. The zero-order valence-corrected chi connectivity index (χ0v) is 37.9. The van der Waals surface area contributed by atoms with Crippen LogP contribution in [0.4, 0.5) is 0 Å². The number of rotatable bonds is 24. The second-order valence-corrected chi connectivity index (χ2v) is 17.9. The minimum absolute atomic E-state index is 0.591. The van der Waals surface area contributed by atoms with Gasteiger partial charge >= 0.3 is 0 Å². The molecule has 5 aromatic carbocycles. The molecule has 0 saturated carbocycles. The Morgan fingerprint density at radius 3 is 0.879 bits per heavy atom. The van der Waals surface area contributed by atoms with Gasteiger partial charge in [0.05, 0.1) is 0 Å². The van der Waals surface area contributed by atoms with Crippen LogP contribution >= 0.6 is 0 Å². The summed E-state index contributed by atoms with van der Waals surface area (Å²) in [4.78, 5) is 0. The van der Waals surface area contributed by atoms with Crippen molar-refractivity contribution in [1.29, 1.82) is 0 Å². The predicted molar refractivity (Wildman–Crippen MR) is 260 cm³/mol. The zero-order chi connectivity index (χ0) is 41.1. The van der Waals surface area contributed by atoms with Crippen LogP contribution in [-0.2, 0) is 0 Å². The molecule has 0 heterocycles. The van der Waals surface area contributed by atoms with Crippen LogP contribution in [0.5, 0.6) is 0 Å². The van der Waals surface area contributed by atoms with Gasteiger partial charge in [0.1, 0.15) is 0 Å². The average Bonchev–Trinajstić information content (AvgIpc) is 3.27. The Kier molecular flexibility index (Phi) is 18.6. The molecule has 5 rings (SSSR count). The molecule has 0 nitrogen and oxygen atoms in total. The highest BCUT2D eigenvalue weighted by atomic mass is 14.3. The smallest absolute Gasteiger partial charge is 0.0403 e. The monoisotopic (exact) mass is 775 g/mol. The van der Waals surface area contributed by atoms with Crippen molar-refractivity contribution in [3.63, 3.8) is 0 Å². The SMILES string of the molecule is CCC(CC)(CC)CCCCCCCCCC#Cc1c2cc3ccccc3cc2c(C#CCCCCCCCCCC(CC)(CC)CC)c2cc3ccccc3cc12. The largest absolute Gasteiger partial charge is 0.0978 e. The number of fused-ring (bicyclic) bond motifs is 4. The minimum atomic E-state index is 0.591. The van der Waals surface area contributed by atoms with Crippen LogP contribution in [0.3, 0.4) is 0 Å². The van der Waals surface area contributed by atoms with E-state index < -0.39 is 0 Å². The molecular formula is C58H78. The Morgan fingerprint density at radius 2 is 0.603 bits per heavy atom. The van der Waals surface area contributed by atoms with Gasteiger partial charge in [0.15, 0.2) is 0 Å². The molecule has 0 aliphatic heterocycles. The number of unbranched alkanes of at least 4 members (excludes halogenated alkanes) is 14. The Labute approximate surface area is 355 Å². The van der Waals surface area contributed by atoms with Crippen LogP contribution in [0.1, 0.15) is 207 Å². The standard InChI is InChI=1S/C58H78/c1-7-57(8-2,9-3)41-33-25-21-17-13-15-19-23-27-39-51-53-43-47-35-29-31-37-49(47)45-55(53)52(56-46-50-38-32-30-36-48(50)44-54(51)56)40-28-24-20-16-14-18-22-26-34-42-58(10-4,11-5)12-6/h29-32,35-38,43-46H,7-26,33-34,41-42H2,1-6H3. The molecule has 0 aliphatic carbocycles. The zero-order valence-electron chi connectivity index (χ0n) is 37.9. The van der Waals surface area contributed by atoms with Gasteiger partial charge in [-0.1, -0.05) is 229 Å². The lowest BCUT2D eigenvalue weighted by Crippen LogP contribution is -2.17. The molecule has 0 amide bonds. The average molecular weight is 775 g/mol. The summed E-state index contributed by atoms with van der Waals surface area (Å²) in [5.41, 5.74) is 3.51. The normalized spacial score (nSPS) is 12.0. The first-order valence-electron chi connectivity index (χ1n) is 24.2. The fourth-order valence-corrected chi connectivity index (χ4v) is 9.92. The van der Waals surface area contributed by atoms with E-state index in [1.165, 1.54) is 195 Å². The summed E-state index contributed by atoms with van der Waals surface area (Å²) < 4.78 is 0. The molecule has 0 radical (unpaired) electrons. The van der Waals surface area contributed by atoms with Gasteiger partial charge < -0.3 is 0 Å². The third-order valence-corrected chi connectivity index (χ3v) is 14.8. The van der Waals surface area contributed by atoms with Crippen molar-refractivity contribution in [2.75, 3.05) is 0 Å². The molecule has 0 heteroatoms. The summed E-state index contributed by atoms with van der Waals surface area (Å²) in [5, 5.41) is 10.0. The highest BCUT2D eigenvalue weighted by molar-refractivity contribution is 6.16. The van der Waals surface area contributed by atoms with Gasteiger partial charge in [0, 0.05) is 24.0 Å². The van der Waals surface area contributed by atoms with Gasteiger partial charge in [-0.25, -0.2) is 0 Å². The Hall–Kier alpha value is -3.74. The maximum atomic E-state index is 3.76. The number of benzene rings is 5. The molecule has 0 spiro atoms. The third kappa shape index (κ3) is 12.2. The first-order chi connectivity index (χ1) is 28.5. The van der Waals surface area contributed by atoms with Gasteiger partial charge in [-0.05, 0) is 104 Å². The molecule has 310 valence electrons. The van der Waals surface area contributed by atoms with E-state index in [9.17, 15) is 0 Å². The molecular weight excluding hydrogens is 697 g/mol. The second-order valence-electron chi connectivity index (χ2n) is 17.9. The quantitative estimate of drug-likeness (QED) is 0.0333. The van der Waals surface area contributed by atoms with Gasteiger partial charge in [-0.3, -0.25) is 0 Å². The highest BCUT2D eigenvalue weighted by Crippen LogP contribution is 2.39. The Bertz CT molecular complexity index is 1860. The van der Waals surface area contributed by atoms with Crippen molar-refractivity contribution in [1.82, 2.24) is 0 Å². The second kappa shape index (κ2) is 23.7. The lowest BCUT2D eigenvalue weighted by molar-refractivity contribution is 0.220.